The van der Waals surface area contributed by atoms with E-state index >= 15 is 0 Å². The summed E-state index contributed by atoms with van der Waals surface area (Å²) in [6, 6.07) is 3.28. The van der Waals surface area contributed by atoms with Crippen LogP contribution in [0.2, 0.25) is 0 Å². The smallest absolute Gasteiger partial charge is 0.252 e. The molecule has 3 rings (SSSR count). The van der Waals surface area contributed by atoms with Crippen LogP contribution < -0.4 is 5.73 Å². The zero-order valence-electron chi connectivity index (χ0n) is 13.5. The van der Waals surface area contributed by atoms with Crippen molar-refractivity contribution < 1.29 is 13.6 Å². The van der Waals surface area contributed by atoms with Gasteiger partial charge in [-0.1, -0.05) is 12.8 Å². The Morgan fingerprint density at radius 2 is 1.96 bits per heavy atom. The maximum Gasteiger partial charge on any atom is 0.252 e. The van der Waals surface area contributed by atoms with Crippen molar-refractivity contribution in [3.05, 3.63) is 58.7 Å². The van der Waals surface area contributed by atoms with Crippen LogP contribution in [0, 0.1) is 23.5 Å². The summed E-state index contributed by atoms with van der Waals surface area (Å²) in [5.41, 5.74) is 6.79. The standard InChI is InChI=1S/C18H14F2N4O/c1-3-4-14-15(16(21)25)13-8-22-17(24-18(13)23-14)9(2)10-5-11(19)7-12(20)6-10/h5-9H,1-2H3,(H2,21,25)(H,22,23,24)/t9-/m1/s1. The van der Waals surface area contributed by atoms with Gasteiger partial charge in [-0.25, -0.2) is 18.7 Å². The number of rotatable bonds is 3. The third-order valence-corrected chi connectivity index (χ3v) is 3.84. The first-order valence-electron chi connectivity index (χ1n) is 7.48. The van der Waals surface area contributed by atoms with Crippen LogP contribution in [0.15, 0.2) is 24.4 Å². The van der Waals surface area contributed by atoms with Crippen molar-refractivity contribution in [2.75, 3.05) is 0 Å². The van der Waals surface area contributed by atoms with E-state index in [4.69, 9.17) is 5.73 Å². The number of halogens is 2. The molecule has 0 bridgehead atoms. The van der Waals surface area contributed by atoms with Crippen molar-refractivity contribution in [1.82, 2.24) is 15.0 Å². The molecule has 126 valence electrons. The van der Waals surface area contributed by atoms with Crippen LogP contribution in [-0.4, -0.2) is 20.9 Å². The lowest BCUT2D eigenvalue weighted by Crippen LogP contribution is -2.12. The molecule has 0 saturated heterocycles. The summed E-state index contributed by atoms with van der Waals surface area (Å²) in [4.78, 5) is 23.2. The molecule has 0 aliphatic carbocycles. The third kappa shape index (κ3) is 3.06. The summed E-state index contributed by atoms with van der Waals surface area (Å²) in [5, 5.41) is 0.451. The molecule has 0 aliphatic heterocycles. The second-order valence-electron chi connectivity index (χ2n) is 5.53. The Kier molecular flexibility index (Phi) is 4.19. The molecule has 7 heteroatoms. The second-order valence-corrected chi connectivity index (χ2v) is 5.53. The van der Waals surface area contributed by atoms with E-state index in [1.807, 2.05) is 0 Å². The molecule has 1 aromatic carbocycles. The first kappa shape index (κ1) is 16.6. The minimum Gasteiger partial charge on any atom is -0.365 e. The van der Waals surface area contributed by atoms with Crippen LogP contribution in [0.4, 0.5) is 8.78 Å². The Balaban J connectivity index is 2.12. The number of carbonyl (C=O) groups is 1. The number of hydrogen-bond acceptors (Lipinski definition) is 3. The number of nitrogens with zero attached hydrogens (tertiary/aromatic N) is 2. The van der Waals surface area contributed by atoms with Gasteiger partial charge in [-0.15, -0.1) is 0 Å². The summed E-state index contributed by atoms with van der Waals surface area (Å²) in [6.07, 6.45) is 1.46. The van der Waals surface area contributed by atoms with E-state index in [9.17, 15) is 13.6 Å². The van der Waals surface area contributed by atoms with Crippen molar-refractivity contribution in [3.63, 3.8) is 0 Å². The zero-order valence-corrected chi connectivity index (χ0v) is 13.5. The van der Waals surface area contributed by atoms with Crippen molar-refractivity contribution in [2.24, 2.45) is 5.73 Å². The topological polar surface area (TPSA) is 84.7 Å². The fraction of sp³-hybridized carbons (Fsp3) is 0.167. The monoisotopic (exact) mass is 340 g/mol. The lowest BCUT2D eigenvalue weighted by atomic mass is 10.00. The lowest BCUT2D eigenvalue weighted by Gasteiger charge is -2.11. The molecular formula is C18H14F2N4O. The van der Waals surface area contributed by atoms with Gasteiger partial charge in [-0.2, -0.15) is 0 Å². The van der Waals surface area contributed by atoms with Gasteiger partial charge in [0.15, 0.2) is 0 Å². The van der Waals surface area contributed by atoms with Crippen LogP contribution >= 0.6 is 0 Å². The van der Waals surface area contributed by atoms with Crippen molar-refractivity contribution in [3.8, 4) is 11.8 Å². The quantitative estimate of drug-likeness (QED) is 0.719. The van der Waals surface area contributed by atoms with Gasteiger partial charge in [0.25, 0.3) is 5.91 Å². The van der Waals surface area contributed by atoms with Gasteiger partial charge >= 0.3 is 0 Å². The van der Waals surface area contributed by atoms with Crippen molar-refractivity contribution in [2.45, 2.75) is 19.8 Å². The SMILES string of the molecule is CC#Cc1[nH]c2nc([C@H](C)c3cc(F)cc(F)c3)ncc2c1C(N)=O. The van der Waals surface area contributed by atoms with Crippen molar-refractivity contribution >= 4 is 16.9 Å². The maximum absolute atomic E-state index is 13.4. The van der Waals surface area contributed by atoms with Gasteiger partial charge in [0.05, 0.1) is 10.9 Å². The van der Waals surface area contributed by atoms with Gasteiger partial charge in [0.1, 0.15) is 28.8 Å². The average Bonchev–Trinajstić information content (AvgIpc) is 2.90. The second kappa shape index (κ2) is 6.32. The Labute approximate surface area is 142 Å². The highest BCUT2D eigenvalue weighted by atomic mass is 19.1. The highest BCUT2D eigenvalue weighted by molar-refractivity contribution is 6.07. The normalized spacial score (nSPS) is 11.8. The highest BCUT2D eigenvalue weighted by Gasteiger charge is 2.19. The summed E-state index contributed by atoms with van der Waals surface area (Å²) < 4.78 is 26.9. The molecule has 0 radical (unpaired) electrons. The number of nitrogens with one attached hydrogen (secondary N) is 1. The number of carbonyl (C=O) groups excluding carboxylic acids is 1. The predicted molar refractivity (Wildman–Crippen MR) is 88.8 cm³/mol. The summed E-state index contributed by atoms with van der Waals surface area (Å²) >= 11 is 0. The molecule has 2 heterocycles. The zero-order chi connectivity index (χ0) is 18.1. The van der Waals surface area contributed by atoms with E-state index < -0.39 is 23.5 Å². The molecule has 0 spiro atoms. The lowest BCUT2D eigenvalue weighted by molar-refractivity contribution is 0.100. The molecule has 0 saturated carbocycles. The number of amides is 1. The van der Waals surface area contributed by atoms with E-state index in [0.717, 1.165) is 6.07 Å². The first-order chi connectivity index (χ1) is 11.9. The maximum atomic E-state index is 13.4. The Morgan fingerprint density at radius 3 is 2.56 bits per heavy atom. The molecule has 3 N–H and O–H groups in total. The fourth-order valence-electron chi connectivity index (χ4n) is 2.65. The average molecular weight is 340 g/mol. The molecule has 5 nitrogen and oxygen atoms in total. The number of aromatic nitrogens is 3. The largest absolute Gasteiger partial charge is 0.365 e. The van der Waals surface area contributed by atoms with Crippen molar-refractivity contribution in [1.29, 1.82) is 0 Å². The molecule has 1 atom stereocenters. The number of primary amides is 1. The van der Waals surface area contributed by atoms with Crippen LogP contribution in [-0.2, 0) is 0 Å². The van der Waals surface area contributed by atoms with Crippen LogP contribution in [0.25, 0.3) is 11.0 Å². The minimum absolute atomic E-state index is 0.223. The van der Waals surface area contributed by atoms with Gasteiger partial charge in [-0.3, -0.25) is 4.79 Å². The Bertz CT molecular complexity index is 1030. The van der Waals surface area contributed by atoms with E-state index in [0.29, 0.717) is 28.1 Å². The Morgan fingerprint density at radius 1 is 1.28 bits per heavy atom. The van der Waals surface area contributed by atoms with Gasteiger partial charge < -0.3 is 10.7 Å². The fourth-order valence-corrected chi connectivity index (χ4v) is 2.65. The molecule has 0 aliphatic rings. The first-order valence-corrected chi connectivity index (χ1v) is 7.48. The number of nitrogens with two attached hydrogens (primary N) is 1. The summed E-state index contributed by atoms with van der Waals surface area (Å²) in [5.74, 6) is 3.40. The third-order valence-electron chi connectivity index (χ3n) is 3.84. The van der Waals surface area contributed by atoms with Crippen LogP contribution in [0.5, 0.6) is 0 Å². The number of benzene rings is 1. The summed E-state index contributed by atoms with van der Waals surface area (Å²) in [6.45, 7) is 3.37. The molecular weight excluding hydrogens is 326 g/mol. The van der Waals surface area contributed by atoms with Crippen LogP contribution in [0.1, 0.15) is 47.2 Å². The number of aromatic amines is 1. The number of H-pyrrole nitrogens is 1. The highest BCUT2D eigenvalue weighted by Crippen LogP contribution is 2.26. The molecule has 3 aromatic rings. The molecule has 0 unspecified atom stereocenters. The van der Waals surface area contributed by atoms with E-state index in [1.165, 1.54) is 18.3 Å². The van der Waals surface area contributed by atoms with Gasteiger partial charge in [0, 0.05) is 18.2 Å². The van der Waals surface area contributed by atoms with Crippen LogP contribution in [0.3, 0.4) is 0 Å². The minimum atomic E-state index is -0.667. The van der Waals surface area contributed by atoms with Gasteiger partial charge in [0.2, 0.25) is 0 Å². The predicted octanol–water partition coefficient (Wildman–Crippen LogP) is 2.86. The Hall–Kier alpha value is -3.27. The molecule has 2 aromatic heterocycles. The van der Waals surface area contributed by atoms with E-state index in [-0.39, 0.29) is 5.56 Å². The molecule has 0 fully saturated rings. The number of hydrogen-bond donors (Lipinski definition) is 2. The molecule has 25 heavy (non-hydrogen) atoms. The van der Waals surface area contributed by atoms with E-state index in [2.05, 4.69) is 26.8 Å². The van der Waals surface area contributed by atoms with E-state index in [1.54, 1.807) is 13.8 Å². The summed E-state index contributed by atoms with van der Waals surface area (Å²) in [7, 11) is 0. The molecule has 1 amide bonds. The van der Waals surface area contributed by atoms with Gasteiger partial charge in [-0.05, 0) is 30.5 Å². The number of fused-ring (bicyclic) bond motifs is 1.